The molecule has 1 aliphatic rings. The summed E-state index contributed by atoms with van der Waals surface area (Å²) in [7, 11) is 0. The normalized spacial score (nSPS) is 12.9. The van der Waals surface area contributed by atoms with Crippen LogP contribution in [-0.2, 0) is 4.89 Å². The lowest BCUT2D eigenvalue weighted by Crippen LogP contribution is -2.07. The van der Waals surface area contributed by atoms with Gasteiger partial charge in [0.15, 0.2) is 17.3 Å². The zero-order chi connectivity index (χ0) is 18.4. The van der Waals surface area contributed by atoms with Crippen molar-refractivity contribution in [2.24, 2.45) is 0 Å². The van der Waals surface area contributed by atoms with Gasteiger partial charge in [-0.05, 0) is 24.3 Å². The van der Waals surface area contributed by atoms with Crippen LogP contribution in [0.4, 0.5) is 0 Å². The molecule has 0 spiro atoms. The Morgan fingerprint density at radius 2 is 1.81 bits per heavy atom. The van der Waals surface area contributed by atoms with Gasteiger partial charge < -0.3 is 24.8 Å². The second-order valence-corrected chi connectivity index (χ2v) is 5.63. The highest BCUT2D eigenvalue weighted by molar-refractivity contribution is 5.88. The van der Waals surface area contributed by atoms with E-state index < -0.39 is 16.9 Å². The first kappa shape index (κ1) is 15.9. The lowest BCUT2D eigenvalue weighted by Gasteiger charge is -2.16. The smallest absolute Gasteiger partial charge is 0.238 e. The van der Waals surface area contributed by atoms with E-state index in [4.69, 9.17) is 19.3 Å². The topological polar surface area (TPSA) is 130 Å². The summed E-state index contributed by atoms with van der Waals surface area (Å²) in [6, 6.07) is 6.79. The Morgan fingerprint density at radius 1 is 1.00 bits per heavy atom. The Bertz CT molecular complexity index is 1130. The van der Waals surface area contributed by atoms with Gasteiger partial charge in [0.05, 0.1) is 0 Å². The van der Waals surface area contributed by atoms with Crippen molar-refractivity contribution >= 4 is 17.0 Å². The fourth-order valence-electron chi connectivity index (χ4n) is 2.72. The summed E-state index contributed by atoms with van der Waals surface area (Å²) in [6.45, 7) is -0.363. The van der Waals surface area contributed by atoms with Crippen molar-refractivity contribution in [3.63, 3.8) is 0 Å². The van der Waals surface area contributed by atoms with E-state index in [0.717, 1.165) is 6.07 Å². The maximum atomic E-state index is 12.4. The average molecular weight is 356 g/mol. The fourth-order valence-corrected chi connectivity index (χ4v) is 2.72. The van der Waals surface area contributed by atoms with E-state index in [9.17, 15) is 20.1 Å². The molecule has 132 valence electrons. The van der Waals surface area contributed by atoms with Crippen molar-refractivity contribution in [3.05, 3.63) is 51.9 Å². The molecule has 2 aromatic carbocycles. The molecule has 26 heavy (non-hydrogen) atoms. The van der Waals surface area contributed by atoms with Gasteiger partial charge in [-0.2, -0.15) is 0 Å². The molecule has 0 aliphatic carbocycles. The Balaban J connectivity index is 1.95. The van der Waals surface area contributed by atoms with Crippen LogP contribution in [0.5, 0.6) is 23.0 Å². The van der Waals surface area contributed by atoms with Crippen molar-refractivity contribution in [1.82, 2.24) is 0 Å². The lowest BCUT2D eigenvalue weighted by atomic mass is 10.0. The van der Waals surface area contributed by atoms with Gasteiger partial charge in [0.2, 0.25) is 11.2 Å². The number of aliphatic hydroxyl groups excluding tert-OH is 1. The van der Waals surface area contributed by atoms with E-state index >= 15 is 0 Å². The number of benzene rings is 2. The van der Waals surface area contributed by atoms with Crippen LogP contribution in [-0.4, -0.2) is 27.0 Å². The first-order chi connectivity index (χ1) is 12.5. The zero-order valence-corrected chi connectivity index (χ0v) is 13.1. The molecule has 0 fully saturated rings. The largest absolute Gasteiger partial charge is 0.508 e. The second-order valence-electron chi connectivity index (χ2n) is 5.63. The van der Waals surface area contributed by atoms with Crippen LogP contribution < -0.4 is 10.3 Å². The van der Waals surface area contributed by atoms with E-state index in [-0.39, 0.29) is 34.8 Å². The number of phenols is 2. The van der Waals surface area contributed by atoms with Crippen LogP contribution in [0.25, 0.3) is 28.4 Å². The highest BCUT2D eigenvalue weighted by Crippen LogP contribution is 2.37. The number of rotatable bonds is 2. The molecule has 8 heteroatoms. The molecule has 8 nitrogen and oxygen atoms in total. The molecule has 3 aromatic rings. The molecule has 4 N–H and O–H groups in total. The molecule has 0 unspecified atom stereocenters. The maximum Gasteiger partial charge on any atom is 0.238 e. The molecule has 0 saturated carbocycles. The molecule has 0 radical (unpaired) electrons. The molecule has 0 atom stereocenters. The van der Waals surface area contributed by atoms with Gasteiger partial charge in [-0.1, -0.05) is 0 Å². The molecule has 0 saturated heterocycles. The molecule has 0 amide bonds. The first-order valence-electron chi connectivity index (χ1n) is 7.50. The minimum Gasteiger partial charge on any atom is -0.508 e. The molecule has 1 aromatic heterocycles. The van der Waals surface area contributed by atoms with Crippen LogP contribution in [0, 0.1) is 0 Å². The molecular formula is C18H12O8. The van der Waals surface area contributed by atoms with Crippen molar-refractivity contribution in [1.29, 1.82) is 0 Å². The summed E-state index contributed by atoms with van der Waals surface area (Å²) in [5.74, 6) is -1.04. The van der Waals surface area contributed by atoms with Crippen LogP contribution in [0.1, 0.15) is 5.56 Å². The number of hydrogen-bond donors (Lipinski definition) is 4. The van der Waals surface area contributed by atoms with Gasteiger partial charge in [-0.3, -0.25) is 14.6 Å². The van der Waals surface area contributed by atoms with Gasteiger partial charge in [-0.15, -0.1) is 0 Å². The van der Waals surface area contributed by atoms with Crippen LogP contribution in [0.3, 0.4) is 0 Å². The van der Waals surface area contributed by atoms with Crippen LogP contribution >= 0.6 is 0 Å². The molecular weight excluding hydrogens is 344 g/mol. The standard InChI is InChI=1S/C18H12O8/c19-7-11-4-9-3-8(1-2-13(9)26-25-11)18-17(23)16(22)15-12(21)5-10(20)6-14(15)24-18/h1-6,19-21,23H,7H2. The number of aromatic hydroxyl groups is 3. The Morgan fingerprint density at radius 3 is 2.58 bits per heavy atom. The van der Waals surface area contributed by atoms with E-state index in [1.807, 2.05) is 0 Å². The number of fused-ring (bicyclic) bond motifs is 2. The Labute approximate surface area is 145 Å². The van der Waals surface area contributed by atoms with Crippen LogP contribution in [0.15, 0.2) is 45.3 Å². The molecule has 4 rings (SSSR count). The third kappa shape index (κ3) is 2.40. The zero-order valence-electron chi connectivity index (χ0n) is 13.1. The third-order valence-electron chi connectivity index (χ3n) is 3.92. The highest BCUT2D eigenvalue weighted by atomic mass is 17.2. The summed E-state index contributed by atoms with van der Waals surface area (Å²) < 4.78 is 5.55. The van der Waals surface area contributed by atoms with E-state index in [0.29, 0.717) is 16.9 Å². The SMILES string of the molecule is O=c1c(O)c(-c2ccc3c(c2)C=C(CO)OO3)oc2cc(O)cc(O)c12. The van der Waals surface area contributed by atoms with E-state index in [1.165, 1.54) is 18.2 Å². The second kappa shape index (κ2) is 5.71. The third-order valence-corrected chi connectivity index (χ3v) is 3.92. The van der Waals surface area contributed by atoms with Crippen molar-refractivity contribution in [3.8, 4) is 34.3 Å². The lowest BCUT2D eigenvalue weighted by molar-refractivity contribution is -0.174. The average Bonchev–Trinajstić information content (AvgIpc) is 2.63. The van der Waals surface area contributed by atoms with Crippen molar-refractivity contribution < 1.29 is 34.6 Å². The summed E-state index contributed by atoms with van der Waals surface area (Å²) in [5.41, 5.74) is -0.0207. The molecule has 1 aliphatic heterocycles. The molecule has 2 heterocycles. The van der Waals surface area contributed by atoms with E-state index in [2.05, 4.69) is 0 Å². The predicted molar refractivity (Wildman–Crippen MR) is 89.7 cm³/mol. The van der Waals surface area contributed by atoms with Crippen molar-refractivity contribution in [2.75, 3.05) is 6.61 Å². The van der Waals surface area contributed by atoms with Gasteiger partial charge in [0, 0.05) is 23.3 Å². The summed E-state index contributed by atoms with van der Waals surface area (Å²) in [5, 5.41) is 38.6. The van der Waals surface area contributed by atoms with Crippen LogP contribution in [0.2, 0.25) is 0 Å². The number of aliphatic hydroxyl groups is 1. The first-order valence-corrected chi connectivity index (χ1v) is 7.50. The van der Waals surface area contributed by atoms with E-state index in [1.54, 1.807) is 12.1 Å². The minimum absolute atomic E-state index is 0.0795. The maximum absolute atomic E-state index is 12.4. The predicted octanol–water partition coefficient (Wildman–Crippen LogP) is 2.23. The Hall–Kier alpha value is -3.65. The van der Waals surface area contributed by atoms with Gasteiger partial charge >= 0.3 is 0 Å². The fraction of sp³-hybridized carbons (Fsp3) is 0.0556. The van der Waals surface area contributed by atoms with Gasteiger partial charge in [0.1, 0.15) is 29.1 Å². The Kier molecular flexibility index (Phi) is 3.48. The van der Waals surface area contributed by atoms with Gasteiger partial charge in [0.25, 0.3) is 0 Å². The van der Waals surface area contributed by atoms with Crippen molar-refractivity contribution in [2.45, 2.75) is 0 Å². The quantitative estimate of drug-likeness (QED) is 0.514. The number of hydrogen-bond acceptors (Lipinski definition) is 8. The van der Waals surface area contributed by atoms with Gasteiger partial charge in [-0.25, -0.2) is 0 Å². The summed E-state index contributed by atoms with van der Waals surface area (Å²) in [4.78, 5) is 22.3. The highest BCUT2D eigenvalue weighted by Gasteiger charge is 2.21. The number of phenolic OH excluding ortho intramolecular Hbond substituents is 2. The summed E-state index contributed by atoms with van der Waals surface area (Å²) in [6.07, 6.45) is 1.54. The minimum atomic E-state index is -0.831. The summed E-state index contributed by atoms with van der Waals surface area (Å²) >= 11 is 0. The molecule has 0 bridgehead atoms. The monoisotopic (exact) mass is 356 g/mol.